The molecule has 1 N–H and O–H groups in total. The number of rotatable bonds is 5. The highest BCUT2D eigenvalue weighted by atomic mass is 35.5. The fraction of sp³-hybridized carbons (Fsp3) is 0.600. The van der Waals surface area contributed by atoms with E-state index < -0.39 is 0 Å². The molecule has 1 fully saturated rings. The van der Waals surface area contributed by atoms with Crippen LogP contribution in [-0.2, 0) is 0 Å². The predicted molar refractivity (Wildman–Crippen MR) is 79.4 cm³/mol. The number of hydrogen-bond donors (Lipinski definition) is 1. The van der Waals surface area contributed by atoms with Gasteiger partial charge in [0, 0.05) is 30.3 Å². The molecular weight excluding hydrogens is 244 g/mol. The first-order valence-corrected chi connectivity index (χ1v) is 7.37. The Kier molecular flexibility index (Phi) is 5.33. The number of likely N-dealkylation sites (tertiary alicyclic amines) is 1. The average molecular weight is 267 g/mol. The number of piperidine rings is 1. The zero-order valence-electron chi connectivity index (χ0n) is 11.2. The number of benzene rings is 1. The van der Waals surface area contributed by atoms with Gasteiger partial charge in [0.15, 0.2) is 0 Å². The molecule has 100 valence electrons. The van der Waals surface area contributed by atoms with E-state index >= 15 is 0 Å². The van der Waals surface area contributed by atoms with Crippen LogP contribution in [0.15, 0.2) is 24.3 Å². The summed E-state index contributed by atoms with van der Waals surface area (Å²) >= 11 is 5.86. The van der Waals surface area contributed by atoms with E-state index in [2.05, 4.69) is 17.1 Å². The van der Waals surface area contributed by atoms with Crippen molar-refractivity contribution >= 4 is 17.3 Å². The number of nitrogens with zero attached hydrogens (tertiary/aromatic N) is 1. The normalized spacial score (nSPS) is 20.9. The van der Waals surface area contributed by atoms with Crippen molar-refractivity contribution in [3.8, 4) is 0 Å². The molecule has 0 saturated carbocycles. The molecule has 1 aromatic rings. The maximum Gasteiger partial charge on any atom is 0.0407 e. The van der Waals surface area contributed by atoms with Crippen LogP contribution in [0.4, 0.5) is 5.69 Å². The summed E-state index contributed by atoms with van der Waals surface area (Å²) in [7, 11) is 0. The second-order valence-electron chi connectivity index (χ2n) is 5.15. The van der Waals surface area contributed by atoms with E-state index in [1.165, 1.54) is 32.4 Å². The Hall–Kier alpha value is -0.730. The van der Waals surface area contributed by atoms with Crippen LogP contribution in [-0.4, -0.2) is 31.1 Å². The zero-order chi connectivity index (χ0) is 12.8. The summed E-state index contributed by atoms with van der Waals surface area (Å²) < 4.78 is 0. The molecule has 0 spiro atoms. The van der Waals surface area contributed by atoms with Crippen LogP contribution in [0.5, 0.6) is 0 Å². The number of nitrogens with one attached hydrogen (secondary N) is 1. The van der Waals surface area contributed by atoms with Crippen LogP contribution in [0.2, 0.25) is 5.02 Å². The van der Waals surface area contributed by atoms with E-state index in [1.54, 1.807) is 0 Å². The monoisotopic (exact) mass is 266 g/mol. The van der Waals surface area contributed by atoms with Gasteiger partial charge in [-0.2, -0.15) is 0 Å². The Labute approximate surface area is 115 Å². The van der Waals surface area contributed by atoms with Crippen molar-refractivity contribution < 1.29 is 0 Å². The van der Waals surface area contributed by atoms with Gasteiger partial charge >= 0.3 is 0 Å². The molecule has 18 heavy (non-hydrogen) atoms. The lowest BCUT2D eigenvalue weighted by Gasteiger charge is -2.32. The SMILES string of the molecule is CCC1CCCN(CCNc2ccc(Cl)cc2)C1. The molecule has 0 radical (unpaired) electrons. The molecule has 1 aliphatic heterocycles. The van der Waals surface area contributed by atoms with Crippen LogP contribution in [0.1, 0.15) is 26.2 Å². The minimum atomic E-state index is 0.794. The lowest BCUT2D eigenvalue weighted by Crippen LogP contribution is -2.38. The summed E-state index contributed by atoms with van der Waals surface area (Å²) in [6.45, 7) is 6.99. The Morgan fingerprint density at radius 2 is 2.11 bits per heavy atom. The van der Waals surface area contributed by atoms with Crippen molar-refractivity contribution in [1.29, 1.82) is 0 Å². The lowest BCUT2D eigenvalue weighted by molar-refractivity contribution is 0.177. The average Bonchev–Trinajstić information content (AvgIpc) is 2.41. The van der Waals surface area contributed by atoms with Gasteiger partial charge in [-0.15, -0.1) is 0 Å². The van der Waals surface area contributed by atoms with Crippen molar-refractivity contribution in [2.24, 2.45) is 5.92 Å². The molecule has 2 rings (SSSR count). The van der Waals surface area contributed by atoms with Gasteiger partial charge in [0.2, 0.25) is 0 Å². The quantitative estimate of drug-likeness (QED) is 0.870. The lowest BCUT2D eigenvalue weighted by atomic mass is 9.96. The van der Waals surface area contributed by atoms with Gasteiger partial charge in [-0.25, -0.2) is 0 Å². The molecule has 1 aromatic carbocycles. The van der Waals surface area contributed by atoms with Gasteiger partial charge in [-0.1, -0.05) is 24.9 Å². The zero-order valence-corrected chi connectivity index (χ0v) is 11.9. The third kappa shape index (κ3) is 4.18. The topological polar surface area (TPSA) is 15.3 Å². The molecule has 1 unspecified atom stereocenters. The summed E-state index contributed by atoms with van der Waals surface area (Å²) in [4.78, 5) is 2.58. The second kappa shape index (κ2) is 7.01. The van der Waals surface area contributed by atoms with Gasteiger partial charge < -0.3 is 10.2 Å². The van der Waals surface area contributed by atoms with Crippen LogP contribution in [0.25, 0.3) is 0 Å². The third-order valence-electron chi connectivity index (χ3n) is 3.78. The number of hydrogen-bond acceptors (Lipinski definition) is 2. The molecule has 1 heterocycles. The van der Waals surface area contributed by atoms with Crippen LogP contribution in [0, 0.1) is 5.92 Å². The fourth-order valence-electron chi connectivity index (χ4n) is 2.61. The summed E-state index contributed by atoms with van der Waals surface area (Å²) in [6, 6.07) is 7.93. The van der Waals surface area contributed by atoms with E-state index in [0.29, 0.717) is 0 Å². The first kappa shape index (κ1) is 13.7. The van der Waals surface area contributed by atoms with Gasteiger partial charge in [0.25, 0.3) is 0 Å². The number of halogens is 1. The molecule has 2 nitrogen and oxygen atoms in total. The van der Waals surface area contributed by atoms with E-state index in [1.807, 2.05) is 24.3 Å². The van der Waals surface area contributed by atoms with E-state index in [0.717, 1.165) is 29.7 Å². The Balaban J connectivity index is 1.70. The molecule has 0 bridgehead atoms. The highest BCUT2D eigenvalue weighted by molar-refractivity contribution is 6.30. The molecule has 0 aromatic heterocycles. The summed E-state index contributed by atoms with van der Waals surface area (Å²) in [5.41, 5.74) is 1.16. The first-order valence-electron chi connectivity index (χ1n) is 6.99. The molecule has 3 heteroatoms. The predicted octanol–water partition coefficient (Wildman–Crippen LogP) is 3.87. The molecule has 1 saturated heterocycles. The van der Waals surface area contributed by atoms with Crippen LogP contribution >= 0.6 is 11.6 Å². The first-order chi connectivity index (χ1) is 8.78. The molecular formula is C15H23ClN2. The van der Waals surface area contributed by atoms with Crippen molar-refractivity contribution in [3.63, 3.8) is 0 Å². The number of anilines is 1. The maximum absolute atomic E-state index is 5.86. The van der Waals surface area contributed by atoms with Gasteiger partial charge in [-0.3, -0.25) is 0 Å². The van der Waals surface area contributed by atoms with E-state index in [-0.39, 0.29) is 0 Å². The van der Waals surface area contributed by atoms with Crippen molar-refractivity contribution in [1.82, 2.24) is 4.90 Å². The Bertz CT molecular complexity index is 350. The smallest absolute Gasteiger partial charge is 0.0407 e. The van der Waals surface area contributed by atoms with Crippen LogP contribution in [0.3, 0.4) is 0 Å². The largest absolute Gasteiger partial charge is 0.384 e. The van der Waals surface area contributed by atoms with Gasteiger partial charge in [0.05, 0.1) is 0 Å². The summed E-state index contributed by atoms with van der Waals surface area (Å²) in [6.07, 6.45) is 4.10. The third-order valence-corrected chi connectivity index (χ3v) is 4.03. The van der Waals surface area contributed by atoms with E-state index in [4.69, 9.17) is 11.6 Å². The highest BCUT2D eigenvalue weighted by Gasteiger charge is 2.17. The standard InChI is InChI=1S/C15H23ClN2/c1-2-13-4-3-10-18(12-13)11-9-17-15-7-5-14(16)6-8-15/h5-8,13,17H,2-4,9-12H2,1H3. The highest BCUT2D eigenvalue weighted by Crippen LogP contribution is 2.19. The second-order valence-corrected chi connectivity index (χ2v) is 5.59. The summed E-state index contributed by atoms with van der Waals surface area (Å²) in [5, 5.41) is 4.25. The summed E-state index contributed by atoms with van der Waals surface area (Å²) in [5.74, 6) is 0.911. The fourth-order valence-corrected chi connectivity index (χ4v) is 2.74. The van der Waals surface area contributed by atoms with Crippen molar-refractivity contribution in [2.45, 2.75) is 26.2 Å². The van der Waals surface area contributed by atoms with E-state index in [9.17, 15) is 0 Å². The van der Waals surface area contributed by atoms with Gasteiger partial charge in [0.1, 0.15) is 0 Å². The van der Waals surface area contributed by atoms with Crippen molar-refractivity contribution in [3.05, 3.63) is 29.3 Å². The Morgan fingerprint density at radius 1 is 1.33 bits per heavy atom. The molecule has 0 aliphatic carbocycles. The van der Waals surface area contributed by atoms with Gasteiger partial charge in [-0.05, 0) is 49.6 Å². The minimum absolute atomic E-state index is 0.794. The molecule has 1 atom stereocenters. The van der Waals surface area contributed by atoms with Crippen molar-refractivity contribution in [2.75, 3.05) is 31.5 Å². The molecule has 1 aliphatic rings. The Morgan fingerprint density at radius 3 is 2.83 bits per heavy atom. The maximum atomic E-state index is 5.86. The minimum Gasteiger partial charge on any atom is -0.384 e. The van der Waals surface area contributed by atoms with Crippen LogP contribution < -0.4 is 5.32 Å². The molecule has 0 amide bonds.